The van der Waals surface area contributed by atoms with E-state index in [0.29, 0.717) is 0 Å². The molecule has 0 heterocycles. The van der Waals surface area contributed by atoms with Gasteiger partial charge in [0.1, 0.15) is 17.1 Å². The van der Waals surface area contributed by atoms with E-state index >= 15 is 0 Å². The summed E-state index contributed by atoms with van der Waals surface area (Å²) in [5.74, 6) is -10.0. The first-order chi connectivity index (χ1) is 16.3. The molecule has 2 rings (SSSR count). The van der Waals surface area contributed by atoms with Crippen LogP contribution in [0.15, 0.2) is 18.2 Å². The van der Waals surface area contributed by atoms with Crippen LogP contribution in [-0.4, -0.2) is 58.2 Å². The number of carboxylic acid groups (broad SMARTS) is 3. The van der Waals surface area contributed by atoms with Gasteiger partial charge >= 0.3 is 35.8 Å². The lowest BCUT2D eigenvalue weighted by Gasteiger charge is -2.20. The maximum Gasteiger partial charge on any atom is 0.340 e. The van der Waals surface area contributed by atoms with E-state index in [0.717, 1.165) is 46.1 Å². The van der Waals surface area contributed by atoms with Crippen molar-refractivity contribution in [1.29, 1.82) is 0 Å². The Bertz CT molecular complexity index is 1270. The van der Waals surface area contributed by atoms with Crippen LogP contribution in [0.1, 0.15) is 51.8 Å². The average molecular weight is 490 g/mol. The minimum Gasteiger partial charge on any atom is -0.496 e. The van der Waals surface area contributed by atoms with E-state index in [1.807, 2.05) is 0 Å². The van der Waals surface area contributed by atoms with Crippen LogP contribution in [0.4, 0.5) is 0 Å². The van der Waals surface area contributed by atoms with Crippen LogP contribution < -0.4 is 18.9 Å². The van der Waals surface area contributed by atoms with Crippen molar-refractivity contribution in [1.82, 2.24) is 0 Å². The predicted octanol–water partition coefficient (Wildman–Crippen LogP) is 2.23. The van der Waals surface area contributed by atoms with E-state index < -0.39 is 80.9 Å². The summed E-state index contributed by atoms with van der Waals surface area (Å²) in [4.78, 5) is 70.8. The molecular weight excluding hydrogens is 472 g/mol. The monoisotopic (exact) mass is 490 g/mol. The van der Waals surface area contributed by atoms with Crippen LogP contribution in [-0.2, 0) is 14.4 Å². The van der Waals surface area contributed by atoms with Gasteiger partial charge in [0.05, 0.1) is 18.2 Å². The number of benzene rings is 2. The van der Waals surface area contributed by atoms with Crippen molar-refractivity contribution in [3.05, 3.63) is 34.9 Å². The molecule has 0 unspecified atom stereocenters. The summed E-state index contributed by atoms with van der Waals surface area (Å²) >= 11 is 0. The van der Waals surface area contributed by atoms with Crippen LogP contribution in [0.2, 0.25) is 0 Å². The maximum absolute atomic E-state index is 12.2. The van der Waals surface area contributed by atoms with Crippen molar-refractivity contribution in [3.63, 3.8) is 0 Å². The SMILES string of the molecule is COc1cc(OC(C)=O)c(C(=O)O)c(C(=O)O)c1-c1cc(OC(C)=O)c(OC(C)=O)cc1C(=O)O. The van der Waals surface area contributed by atoms with Crippen molar-refractivity contribution in [2.75, 3.05) is 7.11 Å². The van der Waals surface area contributed by atoms with Gasteiger partial charge in [-0.25, -0.2) is 14.4 Å². The highest BCUT2D eigenvalue weighted by Crippen LogP contribution is 2.45. The number of esters is 3. The number of ether oxygens (including phenoxy) is 4. The first kappa shape index (κ1) is 26.3. The molecule has 0 aliphatic carbocycles. The second-order valence-corrected chi connectivity index (χ2v) is 6.74. The average Bonchev–Trinajstić information content (AvgIpc) is 2.72. The van der Waals surface area contributed by atoms with Crippen molar-refractivity contribution < 1.29 is 63.0 Å². The largest absolute Gasteiger partial charge is 0.496 e. The Kier molecular flexibility index (Phi) is 7.77. The van der Waals surface area contributed by atoms with Crippen LogP contribution in [0.5, 0.6) is 23.0 Å². The van der Waals surface area contributed by atoms with Gasteiger partial charge in [-0.1, -0.05) is 0 Å². The first-order valence-corrected chi connectivity index (χ1v) is 9.46. The van der Waals surface area contributed by atoms with Crippen LogP contribution in [0, 0.1) is 0 Å². The zero-order valence-electron chi connectivity index (χ0n) is 18.7. The van der Waals surface area contributed by atoms with Crippen LogP contribution in [0.25, 0.3) is 11.1 Å². The molecule has 0 atom stereocenters. The number of methoxy groups -OCH3 is 1. The first-order valence-electron chi connectivity index (χ1n) is 9.46. The highest BCUT2D eigenvalue weighted by molar-refractivity contribution is 6.12. The van der Waals surface area contributed by atoms with Gasteiger partial charge in [0.2, 0.25) is 0 Å². The molecule has 0 aliphatic rings. The number of carbonyl (C=O) groups is 6. The lowest BCUT2D eigenvalue weighted by atomic mass is 9.90. The molecule has 0 saturated heterocycles. The standard InChI is InChI=1S/C22H18O13/c1-8(23)33-13-5-11(12(20(26)27)6-14(13)34-9(2)24)17-15(32-4)7-16(35-10(3)25)18(21(28)29)19(17)22(30)31/h5-7H,1-4H3,(H,26,27)(H,28,29)(H,30,31). The summed E-state index contributed by atoms with van der Waals surface area (Å²) in [6, 6.07) is 2.57. The molecule has 0 aromatic heterocycles. The third-order valence-electron chi connectivity index (χ3n) is 4.25. The maximum atomic E-state index is 12.2. The Morgan fingerprint density at radius 1 is 0.600 bits per heavy atom. The Morgan fingerprint density at radius 2 is 1.06 bits per heavy atom. The van der Waals surface area contributed by atoms with E-state index in [2.05, 4.69) is 0 Å². The molecule has 184 valence electrons. The van der Waals surface area contributed by atoms with Gasteiger partial charge in [0.15, 0.2) is 11.5 Å². The van der Waals surface area contributed by atoms with Gasteiger partial charge in [-0.05, 0) is 12.1 Å². The Labute approximate surface area is 196 Å². The minimum atomic E-state index is -1.83. The number of hydrogen-bond donors (Lipinski definition) is 3. The van der Waals surface area contributed by atoms with E-state index in [9.17, 15) is 44.1 Å². The molecule has 0 saturated carbocycles. The number of carboxylic acids is 3. The number of carbonyl (C=O) groups excluding carboxylic acids is 3. The zero-order chi connectivity index (χ0) is 26.6. The summed E-state index contributed by atoms with van der Waals surface area (Å²) in [6.45, 7) is 2.96. The van der Waals surface area contributed by atoms with Crippen molar-refractivity contribution >= 4 is 35.8 Å². The predicted molar refractivity (Wildman–Crippen MR) is 113 cm³/mol. The Morgan fingerprint density at radius 3 is 1.46 bits per heavy atom. The molecule has 0 amide bonds. The summed E-state index contributed by atoms with van der Waals surface area (Å²) in [7, 11) is 1.07. The molecule has 13 nitrogen and oxygen atoms in total. The third kappa shape index (κ3) is 5.71. The minimum absolute atomic E-state index is 0.389. The quantitative estimate of drug-likeness (QED) is 0.360. The number of hydrogen-bond acceptors (Lipinski definition) is 10. The highest BCUT2D eigenvalue weighted by Gasteiger charge is 2.33. The molecule has 35 heavy (non-hydrogen) atoms. The lowest BCUT2D eigenvalue weighted by Crippen LogP contribution is -2.16. The fourth-order valence-electron chi connectivity index (χ4n) is 3.14. The van der Waals surface area contributed by atoms with Crippen LogP contribution in [0.3, 0.4) is 0 Å². The van der Waals surface area contributed by atoms with Crippen molar-refractivity contribution in [2.45, 2.75) is 20.8 Å². The molecule has 0 aliphatic heterocycles. The molecule has 13 heteroatoms. The van der Waals surface area contributed by atoms with Gasteiger partial charge in [0.25, 0.3) is 0 Å². The molecule has 3 N–H and O–H groups in total. The molecule has 0 bridgehead atoms. The molecule has 0 spiro atoms. The Hall–Kier alpha value is -4.94. The van der Waals surface area contributed by atoms with E-state index in [1.54, 1.807) is 0 Å². The second kappa shape index (κ2) is 10.3. The van der Waals surface area contributed by atoms with E-state index in [1.165, 1.54) is 0 Å². The lowest BCUT2D eigenvalue weighted by molar-refractivity contribution is -0.134. The Balaban J connectivity index is 3.14. The molecule has 0 fully saturated rings. The third-order valence-corrected chi connectivity index (χ3v) is 4.25. The van der Waals surface area contributed by atoms with Crippen molar-refractivity contribution in [2.24, 2.45) is 0 Å². The number of rotatable bonds is 8. The topological polar surface area (TPSA) is 200 Å². The molecule has 2 aromatic rings. The fourth-order valence-corrected chi connectivity index (χ4v) is 3.14. The van der Waals surface area contributed by atoms with Gasteiger partial charge in [-0.2, -0.15) is 0 Å². The summed E-state index contributed by atoms with van der Waals surface area (Å²) in [5.41, 5.74) is -3.62. The normalized spacial score (nSPS) is 10.2. The van der Waals surface area contributed by atoms with Gasteiger partial charge in [-0.15, -0.1) is 0 Å². The summed E-state index contributed by atoms with van der Waals surface area (Å²) < 4.78 is 19.9. The van der Waals surface area contributed by atoms with Crippen molar-refractivity contribution in [3.8, 4) is 34.1 Å². The van der Waals surface area contributed by atoms with Gasteiger partial charge < -0.3 is 34.3 Å². The summed E-state index contributed by atoms with van der Waals surface area (Å²) in [6.07, 6.45) is 0. The van der Waals surface area contributed by atoms with Crippen LogP contribution >= 0.6 is 0 Å². The van der Waals surface area contributed by atoms with E-state index in [4.69, 9.17) is 18.9 Å². The summed E-state index contributed by atoms with van der Waals surface area (Å²) in [5, 5.41) is 29.4. The number of aromatic carboxylic acids is 3. The second-order valence-electron chi connectivity index (χ2n) is 6.74. The molecular formula is C22H18O13. The molecule has 2 aromatic carbocycles. The fraction of sp³-hybridized carbons (Fsp3) is 0.182. The van der Waals surface area contributed by atoms with E-state index in [-0.39, 0.29) is 5.75 Å². The zero-order valence-corrected chi connectivity index (χ0v) is 18.7. The van der Waals surface area contributed by atoms with Gasteiger partial charge in [0, 0.05) is 38.0 Å². The smallest absolute Gasteiger partial charge is 0.340 e. The highest BCUT2D eigenvalue weighted by atomic mass is 16.6. The molecule has 0 radical (unpaired) electrons. The van der Waals surface area contributed by atoms with Gasteiger partial charge in [-0.3, -0.25) is 14.4 Å².